The number of fused-ring (bicyclic) bond motifs is 1. The standard InChI is InChI=1S/C38H60N2O5/c1-8-9-10-11-12-13-14-15-16-17-18-19-20-21-22-23-37(41)44-32(6)45-38(42)40-29-33(26-27-39(30(2)3)31(4)5)35-28-34(43-7)24-25-36(35)40/h12-13,15-16,24-25,28-32H,8-11,14,17-23,26-27H2,1-7H3/b13-12-,16-15-. The summed E-state index contributed by atoms with van der Waals surface area (Å²) in [6.07, 6.45) is 22.9. The van der Waals surface area contributed by atoms with Gasteiger partial charge in [0.2, 0.25) is 6.29 Å². The van der Waals surface area contributed by atoms with Crippen LogP contribution in [-0.4, -0.2) is 53.6 Å². The molecule has 2 aromatic rings. The summed E-state index contributed by atoms with van der Waals surface area (Å²) in [6, 6.07) is 6.48. The van der Waals surface area contributed by atoms with Crippen molar-refractivity contribution in [2.75, 3.05) is 13.7 Å². The molecule has 7 heteroatoms. The van der Waals surface area contributed by atoms with Crippen molar-refractivity contribution in [3.05, 3.63) is 54.3 Å². The molecule has 0 aliphatic heterocycles. The van der Waals surface area contributed by atoms with Gasteiger partial charge in [0.05, 0.1) is 12.6 Å². The highest BCUT2D eigenvalue weighted by atomic mass is 16.7. The number of benzene rings is 1. The van der Waals surface area contributed by atoms with Crippen molar-refractivity contribution in [1.29, 1.82) is 0 Å². The number of carbonyl (C=O) groups excluding carboxylic acids is 2. The molecule has 1 atom stereocenters. The van der Waals surface area contributed by atoms with E-state index in [1.54, 1.807) is 14.0 Å². The van der Waals surface area contributed by atoms with E-state index < -0.39 is 12.4 Å². The molecular formula is C38H60N2O5. The van der Waals surface area contributed by atoms with Gasteiger partial charge in [-0.15, -0.1) is 0 Å². The fourth-order valence-electron chi connectivity index (χ4n) is 5.66. The topological polar surface area (TPSA) is 70.0 Å². The first-order valence-electron chi connectivity index (χ1n) is 17.3. The van der Waals surface area contributed by atoms with Gasteiger partial charge in [-0.3, -0.25) is 14.3 Å². The summed E-state index contributed by atoms with van der Waals surface area (Å²) in [5.74, 6) is 0.390. The molecule has 0 radical (unpaired) electrons. The number of nitrogens with zero attached hydrogens (tertiary/aromatic N) is 2. The lowest BCUT2D eigenvalue weighted by Crippen LogP contribution is -2.38. The molecule has 0 saturated heterocycles. The highest BCUT2D eigenvalue weighted by Gasteiger charge is 2.21. The predicted molar refractivity (Wildman–Crippen MR) is 186 cm³/mol. The molecule has 2 rings (SSSR count). The summed E-state index contributed by atoms with van der Waals surface area (Å²) in [4.78, 5) is 28.0. The van der Waals surface area contributed by atoms with Gasteiger partial charge in [-0.1, -0.05) is 63.3 Å². The van der Waals surface area contributed by atoms with Crippen LogP contribution in [0.5, 0.6) is 5.75 Å². The summed E-state index contributed by atoms with van der Waals surface area (Å²) in [5, 5.41) is 0.949. The lowest BCUT2D eigenvalue weighted by atomic mass is 10.1. The zero-order valence-electron chi connectivity index (χ0n) is 29.2. The van der Waals surface area contributed by atoms with Crippen molar-refractivity contribution in [3.63, 3.8) is 0 Å². The van der Waals surface area contributed by atoms with E-state index in [4.69, 9.17) is 14.2 Å². The van der Waals surface area contributed by atoms with Crippen LogP contribution in [0.1, 0.15) is 124 Å². The molecule has 45 heavy (non-hydrogen) atoms. The van der Waals surface area contributed by atoms with Gasteiger partial charge in [-0.25, -0.2) is 4.79 Å². The molecule has 0 saturated carbocycles. The maximum absolute atomic E-state index is 13.2. The van der Waals surface area contributed by atoms with Crippen LogP contribution in [-0.2, 0) is 20.7 Å². The molecule has 252 valence electrons. The number of methoxy groups -OCH3 is 1. The van der Waals surface area contributed by atoms with Crippen molar-refractivity contribution in [1.82, 2.24) is 9.47 Å². The van der Waals surface area contributed by atoms with E-state index in [2.05, 4.69) is 63.8 Å². The third-order valence-electron chi connectivity index (χ3n) is 8.15. The summed E-state index contributed by atoms with van der Waals surface area (Å²) in [7, 11) is 1.64. The number of aromatic nitrogens is 1. The van der Waals surface area contributed by atoms with E-state index in [9.17, 15) is 9.59 Å². The predicted octanol–water partition coefficient (Wildman–Crippen LogP) is 10.00. The van der Waals surface area contributed by atoms with Crippen LogP contribution in [0, 0.1) is 0 Å². The fourth-order valence-corrected chi connectivity index (χ4v) is 5.66. The first-order chi connectivity index (χ1) is 21.7. The van der Waals surface area contributed by atoms with Crippen LogP contribution in [0.15, 0.2) is 48.7 Å². The SMILES string of the molecule is CCCCC/C=C\C/C=C\CCCCCCCC(=O)OC(C)OC(=O)n1cc(CCN(C(C)C)C(C)C)c2cc(OC)ccc21. The second-order valence-electron chi connectivity index (χ2n) is 12.5. The molecule has 0 amide bonds. The normalized spacial score (nSPS) is 12.8. The van der Waals surface area contributed by atoms with Crippen LogP contribution in [0.3, 0.4) is 0 Å². The number of hydrogen-bond acceptors (Lipinski definition) is 6. The second kappa shape index (κ2) is 21.6. The number of rotatable bonds is 22. The second-order valence-corrected chi connectivity index (χ2v) is 12.5. The van der Waals surface area contributed by atoms with Gasteiger partial charge < -0.3 is 14.2 Å². The number of carbonyl (C=O) groups is 2. The number of esters is 1. The first-order valence-corrected chi connectivity index (χ1v) is 17.3. The Morgan fingerprint density at radius 2 is 1.49 bits per heavy atom. The van der Waals surface area contributed by atoms with Gasteiger partial charge in [-0.05, 0) is 96.4 Å². The Morgan fingerprint density at radius 3 is 2.13 bits per heavy atom. The minimum Gasteiger partial charge on any atom is -0.497 e. The smallest absolute Gasteiger partial charge is 0.421 e. The van der Waals surface area contributed by atoms with Crippen molar-refractivity contribution in [2.45, 2.75) is 143 Å². The number of unbranched alkanes of at least 4 members (excludes halogenated alkanes) is 8. The van der Waals surface area contributed by atoms with E-state index in [0.29, 0.717) is 18.5 Å². The molecule has 0 aliphatic carbocycles. The average Bonchev–Trinajstić information content (AvgIpc) is 3.36. The zero-order valence-corrected chi connectivity index (χ0v) is 29.2. The maximum Gasteiger partial charge on any atom is 0.421 e. The molecule has 0 N–H and O–H groups in total. The van der Waals surface area contributed by atoms with E-state index in [1.807, 2.05) is 24.4 Å². The van der Waals surface area contributed by atoms with E-state index >= 15 is 0 Å². The number of hydrogen-bond donors (Lipinski definition) is 0. The minimum atomic E-state index is -0.973. The Hall–Kier alpha value is -3.06. The summed E-state index contributed by atoms with van der Waals surface area (Å²) in [5.41, 5.74) is 1.78. The maximum atomic E-state index is 13.2. The Balaban J connectivity index is 1.75. The van der Waals surface area contributed by atoms with Gasteiger partial charge >= 0.3 is 12.1 Å². The molecule has 7 nitrogen and oxygen atoms in total. The molecule has 0 fully saturated rings. The van der Waals surface area contributed by atoms with Crippen LogP contribution < -0.4 is 4.74 Å². The minimum absolute atomic E-state index is 0.324. The van der Waals surface area contributed by atoms with Gasteiger partial charge in [0.1, 0.15) is 5.75 Å². The molecule has 0 aliphatic rings. The zero-order chi connectivity index (χ0) is 33.0. The first kappa shape index (κ1) is 38.1. The largest absolute Gasteiger partial charge is 0.497 e. The molecule has 0 bridgehead atoms. The van der Waals surface area contributed by atoms with E-state index in [-0.39, 0.29) is 5.97 Å². The molecule has 0 spiro atoms. The van der Waals surface area contributed by atoms with E-state index in [0.717, 1.165) is 73.7 Å². The molecule has 1 heterocycles. The van der Waals surface area contributed by atoms with Crippen molar-refractivity contribution >= 4 is 23.0 Å². The Labute approximate surface area is 273 Å². The molecule has 1 unspecified atom stereocenters. The van der Waals surface area contributed by atoms with Gasteiger partial charge in [0.25, 0.3) is 0 Å². The Kier molecular flexibility index (Phi) is 18.3. The highest BCUT2D eigenvalue weighted by Crippen LogP contribution is 2.27. The monoisotopic (exact) mass is 624 g/mol. The van der Waals surface area contributed by atoms with Gasteiger partial charge in [0, 0.05) is 43.6 Å². The van der Waals surface area contributed by atoms with E-state index in [1.165, 1.54) is 36.7 Å². The van der Waals surface area contributed by atoms with Crippen LogP contribution >= 0.6 is 0 Å². The summed E-state index contributed by atoms with van der Waals surface area (Å²) in [6.45, 7) is 13.5. The Morgan fingerprint density at radius 1 is 0.844 bits per heavy atom. The van der Waals surface area contributed by atoms with Gasteiger partial charge in [-0.2, -0.15) is 0 Å². The van der Waals surface area contributed by atoms with Gasteiger partial charge in [0.15, 0.2) is 0 Å². The molecule has 1 aromatic carbocycles. The highest BCUT2D eigenvalue weighted by molar-refractivity contribution is 5.93. The summed E-state index contributed by atoms with van der Waals surface area (Å²) < 4.78 is 17.9. The number of ether oxygens (including phenoxy) is 3. The quantitative estimate of drug-likeness (QED) is 0.0562. The Bertz CT molecular complexity index is 1190. The third kappa shape index (κ3) is 14.3. The fraction of sp³-hybridized carbons (Fsp3) is 0.632. The average molecular weight is 625 g/mol. The number of allylic oxidation sites excluding steroid dienone is 4. The summed E-state index contributed by atoms with van der Waals surface area (Å²) >= 11 is 0. The van der Waals surface area contributed by atoms with Crippen LogP contribution in [0.2, 0.25) is 0 Å². The van der Waals surface area contributed by atoms with Crippen molar-refractivity contribution < 1.29 is 23.8 Å². The van der Waals surface area contributed by atoms with Crippen molar-refractivity contribution in [3.8, 4) is 5.75 Å². The van der Waals surface area contributed by atoms with Crippen LogP contribution in [0.4, 0.5) is 4.79 Å². The van der Waals surface area contributed by atoms with Crippen molar-refractivity contribution in [2.24, 2.45) is 0 Å². The molecular weight excluding hydrogens is 564 g/mol. The lowest BCUT2D eigenvalue weighted by molar-refractivity contribution is -0.164. The third-order valence-corrected chi connectivity index (χ3v) is 8.15. The lowest BCUT2D eigenvalue weighted by Gasteiger charge is -2.30. The molecule has 1 aromatic heterocycles. The van der Waals surface area contributed by atoms with Crippen LogP contribution in [0.25, 0.3) is 10.9 Å².